The van der Waals surface area contributed by atoms with Gasteiger partial charge in [0.25, 0.3) is 0 Å². The van der Waals surface area contributed by atoms with E-state index in [1.165, 1.54) is 0 Å². The largest absolute Gasteiger partial charge is 0.416 e. The summed E-state index contributed by atoms with van der Waals surface area (Å²) in [6, 6.07) is -0.500. The van der Waals surface area contributed by atoms with Crippen LogP contribution in [0.4, 0.5) is 13.2 Å². The zero-order chi connectivity index (χ0) is 8.06. The first-order chi connectivity index (χ1) is 5.07. The third-order valence-corrected chi connectivity index (χ3v) is 2.15. The lowest BCUT2D eigenvalue weighted by Gasteiger charge is -2.25. The van der Waals surface area contributed by atoms with Gasteiger partial charge < -0.3 is 10.1 Å². The third-order valence-electron chi connectivity index (χ3n) is 2.15. The Morgan fingerprint density at radius 2 is 2.00 bits per heavy atom. The normalized spacial score (nSPS) is 39.8. The first kappa shape index (κ1) is 10.1. The van der Waals surface area contributed by atoms with Crippen LogP contribution in [-0.2, 0) is 4.74 Å². The minimum Gasteiger partial charge on any atom is -0.362 e. The summed E-state index contributed by atoms with van der Waals surface area (Å²) in [6.45, 7) is 0.567. The molecule has 0 saturated carbocycles. The van der Waals surface area contributed by atoms with Gasteiger partial charge in [0.15, 0.2) is 6.10 Å². The number of nitrogens with one attached hydrogen (secondary N) is 1. The fourth-order valence-corrected chi connectivity index (χ4v) is 1.67. The average molecular weight is 204 g/mol. The Morgan fingerprint density at radius 3 is 2.25 bits per heavy atom. The van der Waals surface area contributed by atoms with Crippen molar-refractivity contribution in [3.05, 3.63) is 0 Å². The Bertz CT molecular complexity index is 175. The molecule has 0 aromatic carbocycles. The topological polar surface area (TPSA) is 21.3 Å². The molecule has 2 saturated heterocycles. The Balaban J connectivity index is 0.000000720. The van der Waals surface area contributed by atoms with E-state index in [1.807, 2.05) is 0 Å². The van der Waals surface area contributed by atoms with Crippen LogP contribution in [0.5, 0.6) is 0 Å². The molecule has 2 aliphatic heterocycles. The van der Waals surface area contributed by atoms with Gasteiger partial charge in [0.05, 0.1) is 6.10 Å². The van der Waals surface area contributed by atoms with Gasteiger partial charge in [-0.15, -0.1) is 12.4 Å². The van der Waals surface area contributed by atoms with Crippen molar-refractivity contribution in [2.24, 2.45) is 0 Å². The van der Waals surface area contributed by atoms with Crippen molar-refractivity contribution in [2.75, 3.05) is 6.54 Å². The van der Waals surface area contributed by atoms with Crippen molar-refractivity contribution in [1.29, 1.82) is 0 Å². The number of hydrogen-bond acceptors (Lipinski definition) is 2. The second-order valence-electron chi connectivity index (χ2n) is 2.97. The lowest BCUT2D eigenvalue weighted by molar-refractivity contribution is -0.225. The van der Waals surface area contributed by atoms with Gasteiger partial charge in [-0.3, -0.25) is 0 Å². The third kappa shape index (κ3) is 1.53. The van der Waals surface area contributed by atoms with Gasteiger partial charge >= 0.3 is 6.18 Å². The molecule has 0 unspecified atom stereocenters. The Labute approximate surface area is 73.9 Å². The molecule has 72 valence electrons. The highest BCUT2D eigenvalue weighted by Crippen LogP contribution is 2.36. The molecule has 6 heteroatoms. The van der Waals surface area contributed by atoms with Gasteiger partial charge in [-0.05, 0) is 6.42 Å². The monoisotopic (exact) mass is 203 g/mol. The van der Waals surface area contributed by atoms with E-state index in [9.17, 15) is 13.2 Å². The molecule has 2 heterocycles. The summed E-state index contributed by atoms with van der Waals surface area (Å²) in [4.78, 5) is 0. The van der Waals surface area contributed by atoms with Crippen LogP contribution >= 0.6 is 12.4 Å². The van der Waals surface area contributed by atoms with E-state index in [0.29, 0.717) is 13.0 Å². The van der Waals surface area contributed by atoms with E-state index >= 15 is 0 Å². The molecule has 0 aromatic heterocycles. The Hall–Kier alpha value is -0.0000000000000000416. The van der Waals surface area contributed by atoms with Crippen LogP contribution in [0.2, 0.25) is 0 Å². The van der Waals surface area contributed by atoms with Gasteiger partial charge in [0.2, 0.25) is 0 Å². The standard InChI is InChI=1S/C6H8F3NO.ClH/c7-6(8,9)5-4-1-3(11-5)2-10-4;/h3-5,10H,1-2H2;1H/t3-,4-,5+;/m1./s1. The van der Waals surface area contributed by atoms with Crippen LogP contribution in [0.3, 0.4) is 0 Å². The minimum atomic E-state index is -4.20. The molecule has 0 aromatic rings. The second kappa shape index (κ2) is 3.05. The molecule has 0 aliphatic carbocycles. The molecular formula is C6H9ClF3NO. The van der Waals surface area contributed by atoms with E-state index in [2.05, 4.69) is 5.32 Å². The maximum atomic E-state index is 12.1. The highest BCUT2D eigenvalue weighted by molar-refractivity contribution is 5.85. The number of morpholine rings is 1. The number of hydrogen-bond donors (Lipinski definition) is 1. The number of ether oxygens (including phenoxy) is 1. The molecule has 0 spiro atoms. The smallest absolute Gasteiger partial charge is 0.362 e. The lowest BCUT2D eigenvalue weighted by Crippen LogP contribution is -2.47. The number of alkyl halides is 3. The summed E-state index contributed by atoms with van der Waals surface area (Å²) in [7, 11) is 0. The predicted octanol–water partition coefficient (Wildman–Crippen LogP) is 1.10. The number of fused-ring (bicyclic) bond motifs is 2. The van der Waals surface area contributed by atoms with Crippen molar-refractivity contribution in [2.45, 2.75) is 30.8 Å². The summed E-state index contributed by atoms with van der Waals surface area (Å²) in [5.74, 6) is 0. The van der Waals surface area contributed by atoms with Crippen LogP contribution < -0.4 is 5.32 Å². The Kier molecular flexibility index (Phi) is 2.56. The molecule has 0 amide bonds. The fraction of sp³-hybridized carbons (Fsp3) is 1.00. The molecular weight excluding hydrogens is 195 g/mol. The van der Waals surface area contributed by atoms with Gasteiger partial charge in [0, 0.05) is 12.6 Å². The summed E-state index contributed by atoms with van der Waals surface area (Å²) < 4.78 is 40.9. The molecule has 2 rings (SSSR count). The number of halogens is 4. The van der Waals surface area contributed by atoms with Crippen LogP contribution in [0.25, 0.3) is 0 Å². The maximum absolute atomic E-state index is 12.1. The van der Waals surface area contributed by atoms with Gasteiger partial charge in [-0.25, -0.2) is 0 Å². The van der Waals surface area contributed by atoms with Crippen molar-refractivity contribution in [3.63, 3.8) is 0 Å². The first-order valence-corrected chi connectivity index (χ1v) is 3.53. The summed E-state index contributed by atoms with van der Waals surface area (Å²) in [5.41, 5.74) is 0. The van der Waals surface area contributed by atoms with Gasteiger partial charge in [-0.2, -0.15) is 13.2 Å². The van der Waals surface area contributed by atoms with Crippen molar-refractivity contribution < 1.29 is 17.9 Å². The SMILES string of the molecule is Cl.FC(F)(F)[C@H]1O[C@H]2CN[C@@H]1C2. The average Bonchev–Trinajstić information content (AvgIpc) is 2.42. The van der Waals surface area contributed by atoms with Crippen LogP contribution in [0, 0.1) is 0 Å². The van der Waals surface area contributed by atoms with E-state index in [-0.39, 0.29) is 18.5 Å². The molecule has 2 fully saturated rings. The molecule has 2 aliphatic rings. The highest BCUT2D eigenvalue weighted by atomic mass is 35.5. The van der Waals surface area contributed by atoms with Gasteiger partial charge in [0.1, 0.15) is 0 Å². The summed E-state index contributed by atoms with van der Waals surface area (Å²) in [6.07, 6.45) is -5.48. The lowest BCUT2D eigenvalue weighted by atomic mass is 10.1. The summed E-state index contributed by atoms with van der Waals surface area (Å²) in [5, 5.41) is 2.77. The van der Waals surface area contributed by atoms with Crippen molar-refractivity contribution in [3.8, 4) is 0 Å². The zero-order valence-electron chi connectivity index (χ0n) is 6.10. The summed E-state index contributed by atoms with van der Waals surface area (Å²) >= 11 is 0. The molecule has 2 nitrogen and oxygen atoms in total. The van der Waals surface area contributed by atoms with E-state index in [0.717, 1.165) is 0 Å². The highest BCUT2D eigenvalue weighted by Gasteiger charge is 2.54. The van der Waals surface area contributed by atoms with E-state index in [1.54, 1.807) is 0 Å². The Morgan fingerprint density at radius 1 is 1.33 bits per heavy atom. The second-order valence-corrected chi connectivity index (χ2v) is 2.97. The van der Waals surface area contributed by atoms with Crippen LogP contribution in [0.15, 0.2) is 0 Å². The van der Waals surface area contributed by atoms with E-state index < -0.39 is 18.3 Å². The molecule has 3 atom stereocenters. The fourth-order valence-electron chi connectivity index (χ4n) is 1.67. The maximum Gasteiger partial charge on any atom is 0.416 e. The molecule has 1 N–H and O–H groups in total. The number of rotatable bonds is 0. The van der Waals surface area contributed by atoms with Crippen molar-refractivity contribution >= 4 is 12.4 Å². The van der Waals surface area contributed by atoms with Crippen LogP contribution in [0.1, 0.15) is 6.42 Å². The molecule has 12 heavy (non-hydrogen) atoms. The van der Waals surface area contributed by atoms with Crippen LogP contribution in [-0.4, -0.2) is 31.0 Å². The first-order valence-electron chi connectivity index (χ1n) is 3.53. The van der Waals surface area contributed by atoms with Gasteiger partial charge in [-0.1, -0.05) is 0 Å². The predicted molar refractivity (Wildman–Crippen MR) is 38.4 cm³/mol. The molecule has 0 radical (unpaired) electrons. The van der Waals surface area contributed by atoms with E-state index in [4.69, 9.17) is 4.74 Å². The van der Waals surface area contributed by atoms with Crippen molar-refractivity contribution in [1.82, 2.24) is 5.32 Å². The minimum absolute atomic E-state index is 0. The molecule has 2 bridgehead atoms. The zero-order valence-corrected chi connectivity index (χ0v) is 6.91. The quantitative estimate of drug-likeness (QED) is 0.637.